The van der Waals surface area contributed by atoms with Crippen molar-refractivity contribution in [3.05, 3.63) is 58.9 Å². The van der Waals surface area contributed by atoms with Gasteiger partial charge in [0, 0.05) is 23.9 Å². The zero-order valence-corrected chi connectivity index (χ0v) is 16.3. The third-order valence-electron chi connectivity index (χ3n) is 6.55. The Hall–Kier alpha value is -3.11. The number of benzene rings is 1. The van der Waals surface area contributed by atoms with Crippen LogP contribution in [0.3, 0.4) is 0 Å². The van der Waals surface area contributed by atoms with Gasteiger partial charge in [-0.25, -0.2) is 9.38 Å². The molecular weight excluding hydrogens is 383 g/mol. The van der Waals surface area contributed by atoms with E-state index in [0.29, 0.717) is 28.8 Å². The topological polar surface area (TPSA) is 94.3 Å². The number of halogens is 1. The van der Waals surface area contributed by atoms with Crippen LogP contribution in [-0.4, -0.2) is 35.7 Å². The number of hydrogen-bond donors (Lipinski definition) is 2. The van der Waals surface area contributed by atoms with Gasteiger partial charge >= 0.3 is 0 Å². The molecule has 6 nitrogen and oxygen atoms in total. The first kappa shape index (κ1) is 18.9. The molecule has 2 amide bonds. The Balaban J connectivity index is 1.35. The maximum atomic E-state index is 14.9. The van der Waals surface area contributed by atoms with Gasteiger partial charge in [0.15, 0.2) is 0 Å². The van der Waals surface area contributed by atoms with E-state index in [2.05, 4.69) is 21.7 Å². The summed E-state index contributed by atoms with van der Waals surface area (Å²) in [5.74, 6) is -1.06. The highest BCUT2D eigenvalue weighted by atomic mass is 19.1. The van der Waals surface area contributed by atoms with E-state index in [9.17, 15) is 19.2 Å². The quantitative estimate of drug-likeness (QED) is 0.805. The molecule has 5 rings (SSSR count). The van der Waals surface area contributed by atoms with Crippen molar-refractivity contribution in [1.29, 1.82) is 5.26 Å². The lowest BCUT2D eigenvalue weighted by molar-refractivity contribution is -0.124. The van der Waals surface area contributed by atoms with Crippen molar-refractivity contribution >= 4 is 17.5 Å². The van der Waals surface area contributed by atoms with Crippen molar-refractivity contribution in [2.75, 3.05) is 0 Å². The fourth-order valence-electron chi connectivity index (χ4n) is 5.07. The molecule has 1 aromatic rings. The molecule has 2 aliphatic carbocycles. The summed E-state index contributed by atoms with van der Waals surface area (Å²) in [6.07, 6.45) is 10.4. The van der Waals surface area contributed by atoms with Crippen LogP contribution in [0.5, 0.6) is 0 Å². The van der Waals surface area contributed by atoms with Crippen LogP contribution in [-0.2, 0) is 11.2 Å². The molecule has 2 fully saturated rings. The van der Waals surface area contributed by atoms with E-state index in [-0.39, 0.29) is 29.9 Å². The Labute approximate surface area is 173 Å². The Kier molecular flexibility index (Phi) is 4.59. The van der Waals surface area contributed by atoms with E-state index in [1.807, 2.05) is 12.2 Å². The number of amides is 2. The number of nitrogens with one attached hydrogen (secondary N) is 2. The summed E-state index contributed by atoms with van der Waals surface area (Å²) in [6.45, 7) is 0. The summed E-state index contributed by atoms with van der Waals surface area (Å²) in [5, 5.41) is 15.6. The number of allylic oxidation sites excluding steroid dienone is 4. The molecule has 0 radical (unpaired) electrons. The number of rotatable bonds is 4. The average molecular weight is 404 g/mol. The number of aliphatic imine (C=N–C) groups is 1. The molecule has 7 heteroatoms. The lowest BCUT2D eigenvalue weighted by Gasteiger charge is -2.25. The second-order valence-corrected chi connectivity index (χ2v) is 8.40. The minimum atomic E-state index is -0.874. The summed E-state index contributed by atoms with van der Waals surface area (Å²) >= 11 is 0. The first-order chi connectivity index (χ1) is 14.5. The molecule has 1 aromatic carbocycles. The predicted molar refractivity (Wildman–Crippen MR) is 108 cm³/mol. The van der Waals surface area contributed by atoms with Gasteiger partial charge in [-0.3, -0.25) is 9.59 Å². The van der Waals surface area contributed by atoms with Gasteiger partial charge in [-0.2, -0.15) is 5.26 Å². The molecular formula is C23H21FN4O2. The Morgan fingerprint density at radius 1 is 1.37 bits per heavy atom. The van der Waals surface area contributed by atoms with Crippen molar-refractivity contribution in [2.45, 2.75) is 49.7 Å². The molecule has 0 aromatic heterocycles. The maximum absolute atomic E-state index is 14.9. The molecule has 2 heterocycles. The molecule has 5 atom stereocenters. The number of fused-ring (bicyclic) bond motifs is 5. The molecule has 30 heavy (non-hydrogen) atoms. The van der Waals surface area contributed by atoms with Crippen LogP contribution in [0.1, 0.15) is 46.7 Å². The average Bonchev–Trinajstić information content (AvgIpc) is 3.38. The first-order valence-corrected chi connectivity index (χ1v) is 10.3. The normalized spacial score (nSPS) is 29.1. The third-order valence-corrected chi connectivity index (χ3v) is 6.55. The van der Waals surface area contributed by atoms with Crippen LogP contribution >= 0.6 is 0 Å². The van der Waals surface area contributed by atoms with Crippen molar-refractivity contribution in [3.63, 3.8) is 0 Å². The number of piperidine rings is 1. The minimum Gasteiger partial charge on any atom is -0.339 e. The number of nitriles is 1. The zero-order valence-electron chi connectivity index (χ0n) is 16.3. The SMILES string of the molecule is N#C[C@H](Cc1cc2c(cc1F)C1C=CC=CC1=NC2=O)NC(=O)[C@H]1N[C@@H]2CC[C@H]1C2. The largest absolute Gasteiger partial charge is 0.339 e. The van der Waals surface area contributed by atoms with Crippen LogP contribution < -0.4 is 10.6 Å². The monoisotopic (exact) mass is 404 g/mol. The minimum absolute atomic E-state index is 0.00751. The molecule has 0 spiro atoms. The molecule has 1 unspecified atom stereocenters. The van der Waals surface area contributed by atoms with Crippen LogP contribution in [0.4, 0.5) is 4.39 Å². The summed E-state index contributed by atoms with van der Waals surface area (Å²) in [6, 6.07) is 4.11. The highest BCUT2D eigenvalue weighted by Crippen LogP contribution is 2.35. The van der Waals surface area contributed by atoms with Gasteiger partial charge in [-0.05, 0) is 54.5 Å². The second-order valence-electron chi connectivity index (χ2n) is 8.40. The van der Waals surface area contributed by atoms with Crippen LogP contribution in [0.25, 0.3) is 0 Å². The Bertz CT molecular complexity index is 1070. The summed E-state index contributed by atoms with van der Waals surface area (Å²) in [5.41, 5.74) is 1.75. The van der Waals surface area contributed by atoms with Gasteiger partial charge in [0.2, 0.25) is 5.91 Å². The molecule has 2 N–H and O–H groups in total. The van der Waals surface area contributed by atoms with Gasteiger partial charge in [0.25, 0.3) is 5.91 Å². The lowest BCUT2D eigenvalue weighted by atomic mass is 9.83. The Morgan fingerprint density at radius 2 is 2.23 bits per heavy atom. The standard InChI is InChI=1S/C23H21FN4O2/c24-19-10-17-16-3-1-2-4-20(16)28-22(29)18(17)9-13(19)8-15(11-25)27-23(30)21-12-5-6-14(7-12)26-21/h1-4,9-10,12,14-16,21,26H,5-8H2,(H,27,30)/t12-,14+,15-,16?,21-/m0/s1. The van der Waals surface area contributed by atoms with Crippen LogP contribution in [0.2, 0.25) is 0 Å². The molecule has 1 saturated carbocycles. The van der Waals surface area contributed by atoms with E-state index in [1.165, 1.54) is 12.1 Å². The highest BCUT2D eigenvalue weighted by molar-refractivity contribution is 6.16. The fourth-order valence-corrected chi connectivity index (χ4v) is 5.07. The smallest absolute Gasteiger partial charge is 0.277 e. The number of carbonyl (C=O) groups excluding carboxylic acids is 2. The fraction of sp³-hybridized carbons (Fsp3) is 0.391. The van der Waals surface area contributed by atoms with Gasteiger partial charge in [0.05, 0.1) is 17.8 Å². The highest BCUT2D eigenvalue weighted by Gasteiger charge is 2.43. The molecule has 2 bridgehead atoms. The Morgan fingerprint density at radius 3 is 2.97 bits per heavy atom. The lowest BCUT2D eigenvalue weighted by Crippen LogP contribution is -2.50. The molecule has 4 aliphatic rings. The van der Waals surface area contributed by atoms with Crippen molar-refractivity contribution in [1.82, 2.24) is 10.6 Å². The zero-order chi connectivity index (χ0) is 20.8. The summed E-state index contributed by atoms with van der Waals surface area (Å²) in [7, 11) is 0. The van der Waals surface area contributed by atoms with E-state index < -0.39 is 17.8 Å². The second kappa shape index (κ2) is 7.29. The van der Waals surface area contributed by atoms with Gasteiger partial charge < -0.3 is 10.6 Å². The van der Waals surface area contributed by atoms with Crippen LogP contribution in [0, 0.1) is 23.1 Å². The van der Waals surface area contributed by atoms with E-state index in [1.54, 1.807) is 12.2 Å². The first-order valence-electron chi connectivity index (χ1n) is 10.3. The van der Waals surface area contributed by atoms with E-state index in [4.69, 9.17) is 0 Å². The molecule has 2 aliphatic heterocycles. The molecule has 152 valence electrons. The van der Waals surface area contributed by atoms with Gasteiger partial charge in [-0.1, -0.05) is 18.2 Å². The number of carbonyl (C=O) groups is 2. The molecule has 1 saturated heterocycles. The summed E-state index contributed by atoms with van der Waals surface area (Å²) < 4.78 is 14.9. The van der Waals surface area contributed by atoms with Gasteiger partial charge in [0.1, 0.15) is 11.9 Å². The van der Waals surface area contributed by atoms with Gasteiger partial charge in [-0.15, -0.1) is 0 Å². The van der Waals surface area contributed by atoms with E-state index >= 15 is 0 Å². The number of nitrogens with zero attached hydrogens (tertiary/aromatic N) is 2. The van der Waals surface area contributed by atoms with Crippen molar-refractivity contribution < 1.29 is 14.0 Å². The van der Waals surface area contributed by atoms with Crippen molar-refractivity contribution in [3.8, 4) is 6.07 Å². The number of hydrogen-bond acceptors (Lipinski definition) is 4. The summed E-state index contributed by atoms with van der Waals surface area (Å²) in [4.78, 5) is 29.2. The third kappa shape index (κ3) is 3.17. The van der Waals surface area contributed by atoms with Crippen molar-refractivity contribution in [2.24, 2.45) is 10.9 Å². The van der Waals surface area contributed by atoms with E-state index in [0.717, 1.165) is 19.3 Å². The maximum Gasteiger partial charge on any atom is 0.277 e. The van der Waals surface area contributed by atoms with Crippen LogP contribution in [0.15, 0.2) is 41.4 Å². The predicted octanol–water partition coefficient (Wildman–Crippen LogP) is 2.32.